The molecule has 0 atom stereocenters. The Hall–Kier alpha value is -0.480. The van der Waals surface area contributed by atoms with E-state index in [0.717, 1.165) is 19.3 Å². The minimum absolute atomic E-state index is 0.130. The lowest BCUT2D eigenvalue weighted by Gasteiger charge is -2.27. The van der Waals surface area contributed by atoms with Crippen molar-refractivity contribution in [2.45, 2.75) is 89.8 Å². The fourth-order valence-corrected chi connectivity index (χ4v) is 2.85. The standard InChI is InChI=1S/C19H34Cl2O4/c1-4-7-8-9-10-11-12-13-14-24-17(22)19(5-2,6-3)18(23)25-15-16(20)21/h16H,4-15H2,1-3H3. The molecule has 148 valence electrons. The van der Waals surface area contributed by atoms with Crippen LogP contribution in [0.4, 0.5) is 0 Å². The van der Waals surface area contributed by atoms with Crippen molar-refractivity contribution in [3.8, 4) is 0 Å². The number of ether oxygens (including phenoxy) is 2. The molecular formula is C19H34Cl2O4. The van der Waals surface area contributed by atoms with E-state index in [2.05, 4.69) is 6.92 Å². The van der Waals surface area contributed by atoms with Gasteiger partial charge in [0.15, 0.2) is 5.41 Å². The van der Waals surface area contributed by atoms with Crippen LogP contribution in [-0.2, 0) is 19.1 Å². The molecule has 0 aromatic carbocycles. The van der Waals surface area contributed by atoms with Crippen LogP contribution < -0.4 is 0 Å². The van der Waals surface area contributed by atoms with E-state index in [0.29, 0.717) is 19.4 Å². The van der Waals surface area contributed by atoms with E-state index in [1.165, 1.54) is 32.1 Å². The minimum Gasteiger partial charge on any atom is -0.465 e. The van der Waals surface area contributed by atoms with Crippen molar-refractivity contribution < 1.29 is 19.1 Å². The van der Waals surface area contributed by atoms with E-state index in [4.69, 9.17) is 32.7 Å². The molecule has 0 bridgehead atoms. The van der Waals surface area contributed by atoms with Gasteiger partial charge in [-0.2, -0.15) is 0 Å². The molecule has 0 aliphatic carbocycles. The predicted octanol–water partition coefficient (Wildman–Crippen LogP) is 5.82. The van der Waals surface area contributed by atoms with Gasteiger partial charge in [0, 0.05) is 0 Å². The van der Waals surface area contributed by atoms with E-state index in [1.54, 1.807) is 13.8 Å². The van der Waals surface area contributed by atoms with Crippen molar-refractivity contribution in [2.75, 3.05) is 13.2 Å². The van der Waals surface area contributed by atoms with Crippen molar-refractivity contribution in [2.24, 2.45) is 5.41 Å². The maximum Gasteiger partial charge on any atom is 0.323 e. The zero-order valence-electron chi connectivity index (χ0n) is 16.0. The van der Waals surface area contributed by atoms with Gasteiger partial charge in [0.25, 0.3) is 0 Å². The number of unbranched alkanes of at least 4 members (excludes halogenated alkanes) is 7. The zero-order chi connectivity index (χ0) is 19.1. The monoisotopic (exact) mass is 396 g/mol. The fourth-order valence-electron chi connectivity index (χ4n) is 2.73. The van der Waals surface area contributed by atoms with Crippen LogP contribution in [0.1, 0.15) is 85.0 Å². The first-order valence-corrected chi connectivity index (χ1v) is 10.4. The summed E-state index contributed by atoms with van der Waals surface area (Å²) in [6.07, 6.45) is 10.0. The third-order valence-corrected chi connectivity index (χ3v) is 4.81. The van der Waals surface area contributed by atoms with Gasteiger partial charge in [0.1, 0.15) is 11.4 Å². The molecule has 0 saturated carbocycles. The van der Waals surface area contributed by atoms with Crippen molar-refractivity contribution >= 4 is 35.1 Å². The molecule has 6 heteroatoms. The molecule has 0 rings (SSSR count). The third kappa shape index (κ3) is 9.69. The molecule has 4 nitrogen and oxygen atoms in total. The average molecular weight is 397 g/mol. The van der Waals surface area contributed by atoms with Crippen molar-refractivity contribution in [1.82, 2.24) is 0 Å². The molecule has 25 heavy (non-hydrogen) atoms. The Bertz CT molecular complexity index is 368. The third-order valence-electron chi connectivity index (χ3n) is 4.56. The molecule has 0 amide bonds. The lowest BCUT2D eigenvalue weighted by molar-refractivity contribution is -0.173. The van der Waals surface area contributed by atoms with Gasteiger partial charge in [-0.1, -0.05) is 65.7 Å². The molecule has 0 aliphatic rings. The summed E-state index contributed by atoms with van der Waals surface area (Å²) in [5.74, 6) is -1.11. The largest absolute Gasteiger partial charge is 0.465 e. The van der Waals surface area contributed by atoms with Crippen LogP contribution in [0.15, 0.2) is 0 Å². The summed E-state index contributed by atoms with van der Waals surface area (Å²) in [7, 11) is 0. The van der Waals surface area contributed by atoms with Crippen LogP contribution in [0.25, 0.3) is 0 Å². The zero-order valence-corrected chi connectivity index (χ0v) is 17.5. The second kappa shape index (κ2) is 14.7. The van der Waals surface area contributed by atoms with Crippen LogP contribution >= 0.6 is 23.2 Å². The smallest absolute Gasteiger partial charge is 0.323 e. The first-order chi connectivity index (χ1) is 11.9. The highest BCUT2D eigenvalue weighted by Gasteiger charge is 2.46. The number of carbonyl (C=O) groups is 2. The Balaban J connectivity index is 4.18. The summed E-state index contributed by atoms with van der Waals surface area (Å²) in [6, 6.07) is 0. The van der Waals surface area contributed by atoms with Gasteiger partial charge < -0.3 is 9.47 Å². The van der Waals surface area contributed by atoms with Crippen LogP contribution in [0.3, 0.4) is 0 Å². The van der Waals surface area contributed by atoms with Crippen LogP contribution in [0.5, 0.6) is 0 Å². The van der Waals surface area contributed by atoms with Gasteiger partial charge in [-0.25, -0.2) is 0 Å². The maximum absolute atomic E-state index is 12.4. The molecule has 0 radical (unpaired) electrons. The maximum atomic E-state index is 12.4. The Kier molecular flexibility index (Phi) is 14.4. The van der Waals surface area contributed by atoms with Crippen molar-refractivity contribution in [1.29, 1.82) is 0 Å². The highest BCUT2D eigenvalue weighted by Crippen LogP contribution is 2.30. The van der Waals surface area contributed by atoms with Crippen molar-refractivity contribution in [3.05, 3.63) is 0 Å². The van der Waals surface area contributed by atoms with E-state index >= 15 is 0 Å². The van der Waals surface area contributed by atoms with Gasteiger partial charge in [-0.3, -0.25) is 9.59 Å². The molecule has 0 heterocycles. The normalized spacial score (nSPS) is 11.6. The molecule has 0 spiro atoms. The average Bonchev–Trinajstić information content (AvgIpc) is 2.60. The Labute approximate surface area is 162 Å². The van der Waals surface area contributed by atoms with Gasteiger partial charge in [0.05, 0.1) is 6.61 Å². The fraction of sp³-hybridized carbons (Fsp3) is 0.895. The molecule has 0 fully saturated rings. The van der Waals surface area contributed by atoms with E-state index in [9.17, 15) is 9.59 Å². The van der Waals surface area contributed by atoms with E-state index < -0.39 is 22.2 Å². The molecule has 0 aromatic heterocycles. The van der Waals surface area contributed by atoms with Gasteiger partial charge in [-0.15, -0.1) is 23.2 Å². The number of hydrogen-bond donors (Lipinski definition) is 0. The molecule has 0 N–H and O–H groups in total. The first kappa shape index (κ1) is 24.5. The summed E-state index contributed by atoms with van der Waals surface area (Å²) in [4.78, 5) is 23.9. The summed E-state index contributed by atoms with van der Waals surface area (Å²) >= 11 is 11.2. The minimum atomic E-state index is -1.26. The lowest BCUT2D eigenvalue weighted by atomic mass is 9.82. The number of rotatable bonds is 15. The highest BCUT2D eigenvalue weighted by molar-refractivity contribution is 6.44. The van der Waals surface area contributed by atoms with Crippen LogP contribution in [0, 0.1) is 5.41 Å². The number of esters is 2. The second-order valence-corrected chi connectivity index (χ2v) is 7.67. The number of carbonyl (C=O) groups excluding carboxylic acids is 2. The van der Waals surface area contributed by atoms with E-state index in [1.807, 2.05) is 0 Å². The number of alkyl halides is 2. The number of halogens is 2. The van der Waals surface area contributed by atoms with Crippen molar-refractivity contribution in [3.63, 3.8) is 0 Å². The molecular weight excluding hydrogens is 363 g/mol. The molecule has 0 aromatic rings. The highest BCUT2D eigenvalue weighted by atomic mass is 35.5. The molecule has 0 saturated heterocycles. The Morgan fingerprint density at radius 1 is 0.800 bits per heavy atom. The quantitative estimate of drug-likeness (QED) is 0.151. The second-order valence-electron chi connectivity index (χ2n) is 6.39. The summed E-state index contributed by atoms with van der Waals surface area (Å²) in [6.45, 7) is 5.98. The van der Waals surface area contributed by atoms with Gasteiger partial charge in [-0.05, 0) is 19.3 Å². The van der Waals surface area contributed by atoms with E-state index in [-0.39, 0.29) is 6.61 Å². The van der Waals surface area contributed by atoms with Gasteiger partial charge in [0.2, 0.25) is 0 Å². The Morgan fingerprint density at radius 2 is 1.28 bits per heavy atom. The first-order valence-electron chi connectivity index (χ1n) is 9.57. The predicted molar refractivity (Wildman–Crippen MR) is 103 cm³/mol. The summed E-state index contributed by atoms with van der Waals surface area (Å²) < 4.78 is 10.4. The van der Waals surface area contributed by atoms with Crippen LogP contribution in [-0.4, -0.2) is 30.0 Å². The summed E-state index contributed by atoms with van der Waals surface area (Å²) in [5, 5.41) is 0. The molecule has 0 unspecified atom stereocenters. The topological polar surface area (TPSA) is 52.6 Å². The number of hydrogen-bond acceptors (Lipinski definition) is 4. The van der Waals surface area contributed by atoms with Crippen LogP contribution in [0.2, 0.25) is 0 Å². The Morgan fingerprint density at radius 3 is 1.76 bits per heavy atom. The molecule has 0 aliphatic heterocycles. The lowest BCUT2D eigenvalue weighted by Crippen LogP contribution is -2.41. The SMILES string of the molecule is CCCCCCCCCCOC(=O)C(CC)(CC)C(=O)OCC(Cl)Cl. The van der Waals surface area contributed by atoms with Gasteiger partial charge >= 0.3 is 11.9 Å². The summed E-state index contributed by atoms with van der Waals surface area (Å²) in [5.41, 5.74) is -1.26.